The second kappa shape index (κ2) is 7.26. The predicted molar refractivity (Wildman–Crippen MR) is 106 cm³/mol. The van der Waals surface area contributed by atoms with Gasteiger partial charge >= 0.3 is 0 Å². The highest BCUT2D eigenvalue weighted by Gasteiger charge is 2.22. The standard InChI is InChI=1S/C18H12Br2O4S2/c19-13-4-8-15(9-5-13)25(21,22)17-2-1-3-18(12-17)26(23,24)16-10-6-14(20)7-11-16/h1-12H. The van der Waals surface area contributed by atoms with Gasteiger partial charge in [0.25, 0.3) is 0 Å². The van der Waals surface area contributed by atoms with Crippen molar-refractivity contribution in [3.8, 4) is 0 Å². The van der Waals surface area contributed by atoms with Gasteiger partial charge in [-0.25, -0.2) is 16.8 Å². The lowest BCUT2D eigenvalue weighted by atomic mass is 10.4. The van der Waals surface area contributed by atoms with Crippen molar-refractivity contribution in [1.29, 1.82) is 0 Å². The first-order valence-corrected chi connectivity index (χ1v) is 11.9. The summed E-state index contributed by atoms with van der Waals surface area (Å²) in [5.74, 6) is 0. The first kappa shape index (κ1) is 19.3. The molecule has 0 aliphatic carbocycles. The van der Waals surface area contributed by atoms with Gasteiger partial charge in [-0.05, 0) is 66.7 Å². The highest BCUT2D eigenvalue weighted by atomic mass is 79.9. The topological polar surface area (TPSA) is 68.3 Å². The lowest BCUT2D eigenvalue weighted by Crippen LogP contribution is -2.06. The van der Waals surface area contributed by atoms with Crippen LogP contribution < -0.4 is 0 Å². The number of halogens is 2. The van der Waals surface area contributed by atoms with Crippen LogP contribution in [-0.2, 0) is 19.7 Å². The molecule has 0 saturated carbocycles. The van der Waals surface area contributed by atoms with Crippen LogP contribution in [0.25, 0.3) is 0 Å². The third kappa shape index (κ3) is 3.78. The summed E-state index contributed by atoms with van der Waals surface area (Å²) in [6.45, 7) is 0. The summed E-state index contributed by atoms with van der Waals surface area (Å²) >= 11 is 6.52. The van der Waals surface area contributed by atoms with Crippen molar-refractivity contribution in [2.75, 3.05) is 0 Å². The average molecular weight is 516 g/mol. The van der Waals surface area contributed by atoms with Crippen molar-refractivity contribution in [3.63, 3.8) is 0 Å². The molecule has 26 heavy (non-hydrogen) atoms. The highest BCUT2D eigenvalue weighted by Crippen LogP contribution is 2.27. The smallest absolute Gasteiger partial charge is 0.206 e. The Morgan fingerprint density at radius 1 is 0.500 bits per heavy atom. The van der Waals surface area contributed by atoms with E-state index in [0.29, 0.717) is 0 Å². The summed E-state index contributed by atoms with van der Waals surface area (Å²) in [4.78, 5) is 0.0498. The van der Waals surface area contributed by atoms with Gasteiger partial charge in [-0.1, -0.05) is 37.9 Å². The molecule has 0 saturated heterocycles. The van der Waals surface area contributed by atoms with Gasteiger partial charge in [0.05, 0.1) is 19.6 Å². The van der Waals surface area contributed by atoms with Gasteiger partial charge in [-0.15, -0.1) is 0 Å². The Morgan fingerprint density at radius 2 is 0.846 bits per heavy atom. The van der Waals surface area contributed by atoms with Gasteiger partial charge < -0.3 is 0 Å². The van der Waals surface area contributed by atoms with Crippen molar-refractivity contribution < 1.29 is 16.8 Å². The van der Waals surface area contributed by atoms with Crippen LogP contribution >= 0.6 is 31.9 Å². The predicted octanol–water partition coefficient (Wildman–Crippen LogP) is 4.88. The zero-order valence-corrected chi connectivity index (χ0v) is 17.9. The maximum Gasteiger partial charge on any atom is 0.206 e. The zero-order valence-electron chi connectivity index (χ0n) is 13.1. The molecule has 0 radical (unpaired) electrons. The minimum atomic E-state index is -3.82. The van der Waals surface area contributed by atoms with Crippen LogP contribution in [-0.4, -0.2) is 16.8 Å². The Kier molecular flexibility index (Phi) is 5.39. The largest absolute Gasteiger partial charge is 0.219 e. The van der Waals surface area contributed by atoms with E-state index in [9.17, 15) is 16.8 Å². The number of sulfone groups is 2. The minimum absolute atomic E-state index is 0.0713. The molecule has 0 unspecified atom stereocenters. The fourth-order valence-corrected chi connectivity index (χ4v) is 5.52. The van der Waals surface area contributed by atoms with E-state index in [0.717, 1.165) is 8.95 Å². The van der Waals surface area contributed by atoms with Crippen molar-refractivity contribution >= 4 is 51.5 Å². The molecule has 0 spiro atoms. The number of rotatable bonds is 4. The summed E-state index contributed by atoms with van der Waals surface area (Å²) in [5.41, 5.74) is 0. The van der Waals surface area contributed by atoms with E-state index < -0.39 is 19.7 Å². The Balaban J connectivity index is 2.08. The van der Waals surface area contributed by atoms with Crippen LogP contribution in [0.4, 0.5) is 0 Å². The summed E-state index contributed by atoms with van der Waals surface area (Å²) in [7, 11) is -7.64. The Morgan fingerprint density at radius 3 is 1.19 bits per heavy atom. The first-order chi connectivity index (χ1) is 12.2. The molecule has 0 aromatic heterocycles. The molecule has 0 aliphatic rings. The molecule has 0 N–H and O–H groups in total. The summed E-state index contributed by atoms with van der Waals surface area (Å²) in [6.07, 6.45) is 0. The van der Waals surface area contributed by atoms with E-state index in [-0.39, 0.29) is 19.6 Å². The van der Waals surface area contributed by atoms with Gasteiger partial charge in [0.2, 0.25) is 19.7 Å². The molecule has 3 aromatic carbocycles. The zero-order chi connectivity index (χ0) is 18.9. The van der Waals surface area contributed by atoms with E-state index in [1.54, 1.807) is 24.3 Å². The highest BCUT2D eigenvalue weighted by molar-refractivity contribution is 9.10. The fourth-order valence-electron chi connectivity index (χ4n) is 2.31. The molecular formula is C18H12Br2O4S2. The molecule has 4 nitrogen and oxygen atoms in total. The second-order valence-electron chi connectivity index (χ2n) is 5.39. The molecule has 0 atom stereocenters. The molecule has 3 rings (SSSR count). The van der Waals surface area contributed by atoms with Gasteiger partial charge in [0, 0.05) is 8.95 Å². The third-order valence-corrected chi connectivity index (χ3v) is 8.27. The quantitative estimate of drug-likeness (QED) is 0.496. The van der Waals surface area contributed by atoms with Gasteiger partial charge in [-0.3, -0.25) is 0 Å². The van der Waals surface area contributed by atoms with Gasteiger partial charge in [0.1, 0.15) is 0 Å². The van der Waals surface area contributed by atoms with Crippen LogP contribution in [0.2, 0.25) is 0 Å². The first-order valence-electron chi connectivity index (χ1n) is 7.33. The maximum atomic E-state index is 12.8. The van der Waals surface area contributed by atoms with E-state index >= 15 is 0 Å². The fraction of sp³-hybridized carbons (Fsp3) is 0. The molecule has 0 heterocycles. The van der Waals surface area contributed by atoms with E-state index in [2.05, 4.69) is 31.9 Å². The molecule has 8 heteroatoms. The van der Waals surface area contributed by atoms with Crippen LogP contribution in [0.1, 0.15) is 0 Å². The number of benzene rings is 3. The molecule has 0 fully saturated rings. The van der Waals surface area contributed by atoms with Crippen molar-refractivity contribution in [3.05, 3.63) is 81.7 Å². The Labute approximate surface area is 169 Å². The van der Waals surface area contributed by atoms with Crippen molar-refractivity contribution in [2.24, 2.45) is 0 Å². The molecule has 0 bridgehead atoms. The summed E-state index contributed by atoms with van der Waals surface area (Å²) in [5, 5.41) is 0. The van der Waals surface area contributed by atoms with Gasteiger partial charge in [0.15, 0.2) is 0 Å². The average Bonchev–Trinajstić information content (AvgIpc) is 2.62. The summed E-state index contributed by atoms with van der Waals surface area (Å²) < 4.78 is 52.7. The normalized spacial score (nSPS) is 12.1. The number of hydrogen-bond acceptors (Lipinski definition) is 4. The molecular weight excluding hydrogens is 504 g/mol. The third-order valence-electron chi connectivity index (χ3n) is 3.67. The monoisotopic (exact) mass is 514 g/mol. The van der Waals surface area contributed by atoms with Gasteiger partial charge in [-0.2, -0.15) is 0 Å². The van der Waals surface area contributed by atoms with E-state index in [1.165, 1.54) is 48.5 Å². The van der Waals surface area contributed by atoms with Crippen LogP contribution in [0.15, 0.2) is 101 Å². The van der Waals surface area contributed by atoms with Crippen LogP contribution in [0.5, 0.6) is 0 Å². The number of hydrogen-bond donors (Lipinski definition) is 0. The SMILES string of the molecule is O=S(=O)(c1ccc(Br)cc1)c1cccc(S(=O)(=O)c2ccc(Br)cc2)c1. The Bertz CT molecular complexity index is 1060. The lowest BCUT2D eigenvalue weighted by molar-refractivity contribution is 0.594. The maximum absolute atomic E-state index is 12.8. The lowest BCUT2D eigenvalue weighted by Gasteiger charge is -2.09. The van der Waals surface area contributed by atoms with E-state index in [1.807, 2.05) is 0 Å². The van der Waals surface area contributed by atoms with Crippen LogP contribution in [0, 0.1) is 0 Å². The van der Waals surface area contributed by atoms with Crippen LogP contribution in [0.3, 0.4) is 0 Å². The summed E-state index contributed by atoms with van der Waals surface area (Å²) in [6, 6.07) is 17.7. The molecule has 0 amide bonds. The van der Waals surface area contributed by atoms with E-state index in [4.69, 9.17) is 0 Å². The van der Waals surface area contributed by atoms with Crippen molar-refractivity contribution in [1.82, 2.24) is 0 Å². The van der Waals surface area contributed by atoms with Crippen molar-refractivity contribution in [2.45, 2.75) is 19.6 Å². The Hall–Kier alpha value is -1.48. The minimum Gasteiger partial charge on any atom is -0.219 e. The molecule has 134 valence electrons. The second-order valence-corrected chi connectivity index (χ2v) is 11.1. The molecule has 3 aromatic rings. The molecule has 0 aliphatic heterocycles.